The number of tetrazole rings is 1. The normalized spacial score (nSPS) is 20.0. The highest BCUT2D eigenvalue weighted by Crippen LogP contribution is 2.30. The summed E-state index contributed by atoms with van der Waals surface area (Å²) >= 11 is 0. The fourth-order valence-corrected chi connectivity index (χ4v) is 7.49. The molecule has 3 atom stereocenters. The summed E-state index contributed by atoms with van der Waals surface area (Å²) in [6.45, 7) is 7.82. The van der Waals surface area contributed by atoms with E-state index in [0.717, 1.165) is 41.5 Å². The fraction of sp³-hybridized carbons (Fsp3) is 0.452. The van der Waals surface area contributed by atoms with Crippen LogP contribution in [0.25, 0.3) is 22.5 Å². The van der Waals surface area contributed by atoms with Crippen LogP contribution in [-0.4, -0.2) is 79.9 Å². The lowest BCUT2D eigenvalue weighted by Gasteiger charge is -2.29. The second kappa shape index (κ2) is 18.0. The lowest BCUT2D eigenvalue weighted by atomic mass is 9.81. The summed E-state index contributed by atoms with van der Waals surface area (Å²) in [5.41, 5.74) is 3.84. The molecule has 0 radical (unpaired) electrons. The van der Waals surface area contributed by atoms with Crippen LogP contribution in [0.4, 0.5) is 14.9 Å². The van der Waals surface area contributed by atoms with Crippen molar-refractivity contribution < 1.29 is 33.4 Å². The van der Waals surface area contributed by atoms with Gasteiger partial charge in [0.15, 0.2) is 0 Å². The third-order valence-electron chi connectivity index (χ3n) is 10.5. The molecule has 2 aliphatic rings. The number of carbonyl (C=O) groups is 4. The molecule has 0 saturated heterocycles. The van der Waals surface area contributed by atoms with Crippen molar-refractivity contribution in [2.75, 3.05) is 11.9 Å². The highest BCUT2D eigenvalue weighted by molar-refractivity contribution is 5.98. The summed E-state index contributed by atoms with van der Waals surface area (Å²) in [6, 6.07) is 16.3. The quantitative estimate of drug-likeness (QED) is 0.106. The molecule has 302 valence electrons. The van der Waals surface area contributed by atoms with Crippen molar-refractivity contribution in [1.29, 1.82) is 0 Å². The first kappa shape index (κ1) is 40.9. The van der Waals surface area contributed by atoms with Gasteiger partial charge >= 0.3 is 6.09 Å². The molecule has 57 heavy (non-hydrogen) atoms. The molecule has 4 aromatic rings. The van der Waals surface area contributed by atoms with Crippen LogP contribution in [0, 0.1) is 24.6 Å². The molecule has 2 saturated carbocycles. The van der Waals surface area contributed by atoms with E-state index in [4.69, 9.17) is 4.74 Å². The standard InChI is InChI=1S/C42H51FN8O6/c1-24-19-29(39(54)45-30-14-16-32(52)21-30)13-17-33(24)27-9-5-25(6-10-27)20-36(40(55)46-31-15-18-34(35(43)22-31)37-48-50-51-49-37)47-38(53)28-11-7-26(8-12-28)23-44-41(56)57-42(2,3)4/h5-6,9-10,13,15,17-19,22,26,28,30,32,36,52H,7-8,11-12,14,16,20-21,23H2,1-4H3,(H,44,56)(H,45,54)(H,46,55)(H,47,53)(H,48,49,50,51)/t26?,28?,30?,32?,36-/m0/s1. The number of benzene rings is 3. The summed E-state index contributed by atoms with van der Waals surface area (Å²) in [6.07, 6.45) is 4.00. The van der Waals surface area contributed by atoms with Crippen LogP contribution in [0.1, 0.15) is 87.2 Å². The molecule has 6 rings (SSSR count). The van der Waals surface area contributed by atoms with Gasteiger partial charge in [-0.25, -0.2) is 9.18 Å². The van der Waals surface area contributed by atoms with E-state index in [2.05, 4.69) is 41.9 Å². The Balaban J connectivity index is 1.12. The second-order valence-electron chi connectivity index (χ2n) is 16.1. The maximum atomic E-state index is 15.0. The average molecular weight is 783 g/mol. The molecule has 0 bridgehead atoms. The number of nitrogens with zero attached hydrogens (tertiary/aromatic N) is 3. The van der Waals surface area contributed by atoms with Gasteiger partial charge in [0, 0.05) is 36.2 Å². The Kier molecular flexibility index (Phi) is 13.0. The van der Waals surface area contributed by atoms with Gasteiger partial charge in [-0.3, -0.25) is 14.4 Å². The Labute approximate surface area is 331 Å². The van der Waals surface area contributed by atoms with E-state index in [1.165, 1.54) is 18.2 Å². The molecule has 4 amide bonds. The third-order valence-corrected chi connectivity index (χ3v) is 10.5. The topological polar surface area (TPSA) is 200 Å². The number of hydrogen-bond donors (Lipinski definition) is 6. The number of aromatic nitrogens is 4. The first-order valence-corrected chi connectivity index (χ1v) is 19.5. The molecule has 2 unspecified atom stereocenters. The smallest absolute Gasteiger partial charge is 0.407 e. The Hall–Kier alpha value is -5.70. The number of rotatable bonds is 12. The van der Waals surface area contributed by atoms with Crippen LogP contribution in [0.3, 0.4) is 0 Å². The Bertz CT molecular complexity index is 2040. The number of aliphatic hydroxyl groups is 1. The first-order valence-electron chi connectivity index (χ1n) is 19.5. The molecule has 14 nitrogen and oxygen atoms in total. The Morgan fingerprint density at radius 2 is 1.68 bits per heavy atom. The maximum absolute atomic E-state index is 15.0. The number of alkyl carbamates (subject to hydrolysis) is 1. The first-order chi connectivity index (χ1) is 27.2. The lowest BCUT2D eigenvalue weighted by molar-refractivity contribution is -0.130. The average Bonchev–Trinajstić information content (AvgIpc) is 3.85. The summed E-state index contributed by atoms with van der Waals surface area (Å²) in [5, 5.41) is 34.8. The van der Waals surface area contributed by atoms with Crippen molar-refractivity contribution in [3.05, 3.63) is 83.2 Å². The van der Waals surface area contributed by atoms with Crippen LogP contribution in [0.15, 0.2) is 60.7 Å². The van der Waals surface area contributed by atoms with Crippen molar-refractivity contribution in [2.45, 2.75) is 103 Å². The minimum atomic E-state index is -0.977. The van der Waals surface area contributed by atoms with Crippen molar-refractivity contribution in [1.82, 2.24) is 36.6 Å². The fourth-order valence-electron chi connectivity index (χ4n) is 7.49. The van der Waals surface area contributed by atoms with Crippen LogP contribution in [0.2, 0.25) is 0 Å². The van der Waals surface area contributed by atoms with Gasteiger partial charge in [0.2, 0.25) is 17.6 Å². The molecule has 2 aliphatic carbocycles. The predicted octanol–water partition coefficient (Wildman–Crippen LogP) is 5.62. The zero-order valence-electron chi connectivity index (χ0n) is 32.7. The van der Waals surface area contributed by atoms with Gasteiger partial charge < -0.3 is 31.1 Å². The monoisotopic (exact) mass is 782 g/mol. The zero-order valence-corrected chi connectivity index (χ0v) is 32.7. The highest BCUT2D eigenvalue weighted by Gasteiger charge is 2.31. The van der Waals surface area contributed by atoms with Crippen molar-refractivity contribution >= 4 is 29.5 Å². The number of amides is 4. The van der Waals surface area contributed by atoms with Crippen molar-refractivity contribution in [2.24, 2.45) is 11.8 Å². The SMILES string of the molecule is Cc1cc(C(=O)NC2CCC(O)C2)ccc1-c1ccc(C[C@H](NC(=O)C2CCC(CNC(=O)OC(C)(C)C)CC2)C(=O)Nc2ccc(-c3nn[nH]n3)c(F)c2)cc1. The molecular weight excluding hydrogens is 732 g/mol. The molecule has 0 aliphatic heterocycles. The van der Waals surface area contributed by atoms with E-state index in [-0.39, 0.29) is 59.3 Å². The van der Waals surface area contributed by atoms with Crippen LogP contribution < -0.4 is 21.3 Å². The molecular formula is C42H51FN8O6. The molecule has 0 spiro atoms. The molecule has 1 aromatic heterocycles. The van der Waals surface area contributed by atoms with E-state index in [1.54, 1.807) is 6.07 Å². The number of hydrogen-bond acceptors (Lipinski definition) is 9. The molecule has 15 heteroatoms. The molecule has 6 N–H and O–H groups in total. The predicted molar refractivity (Wildman–Crippen MR) is 211 cm³/mol. The van der Waals surface area contributed by atoms with Gasteiger partial charge in [0.25, 0.3) is 5.91 Å². The number of H-pyrrole nitrogens is 1. The summed E-state index contributed by atoms with van der Waals surface area (Å²) in [5.74, 6) is -1.61. The van der Waals surface area contributed by atoms with Gasteiger partial charge in [-0.2, -0.15) is 5.21 Å². The summed E-state index contributed by atoms with van der Waals surface area (Å²) in [4.78, 5) is 52.5. The minimum Gasteiger partial charge on any atom is -0.444 e. The lowest BCUT2D eigenvalue weighted by Crippen LogP contribution is -2.48. The minimum absolute atomic E-state index is 0.0324. The van der Waals surface area contributed by atoms with E-state index in [0.29, 0.717) is 37.8 Å². The van der Waals surface area contributed by atoms with E-state index >= 15 is 4.39 Å². The number of ether oxygens (including phenoxy) is 1. The Morgan fingerprint density at radius 3 is 2.32 bits per heavy atom. The number of aromatic amines is 1. The van der Waals surface area contributed by atoms with Gasteiger partial charge in [0.1, 0.15) is 17.5 Å². The van der Waals surface area contributed by atoms with Crippen molar-refractivity contribution in [3.8, 4) is 22.5 Å². The number of carbonyl (C=O) groups excluding carboxylic acids is 4. The summed E-state index contributed by atoms with van der Waals surface area (Å²) < 4.78 is 20.4. The largest absolute Gasteiger partial charge is 0.444 e. The van der Waals surface area contributed by atoms with Gasteiger partial charge in [-0.1, -0.05) is 30.3 Å². The molecule has 1 heterocycles. The highest BCUT2D eigenvalue weighted by atomic mass is 19.1. The van der Waals surface area contributed by atoms with E-state index in [1.807, 2.05) is 64.1 Å². The number of aliphatic hydroxyl groups excluding tert-OH is 1. The number of nitrogens with one attached hydrogen (secondary N) is 5. The Morgan fingerprint density at radius 1 is 0.947 bits per heavy atom. The van der Waals surface area contributed by atoms with Crippen LogP contribution in [-0.2, 0) is 20.7 Å². The van der Waals surface area contributed by atoms with Crippen LogP contribution in [0.5, 0.6) is 0 Å². The molecule has 2 fully saturated rings. The van der Waals surface area contributed by atoms with E-state index in [9.17, 15) is 24.3 Å². The van der Waals surface area contributed by atoms with Gasteiger partial charge in [0.05, 0.1) is 11.7 Å². The van der Waals surface area contributed by atoms with Crippen LogP contribution >= 0.6 is 0 Å². The number of halogens is 1. The molecule has 3 aromatic carbocycles. The zero-order chi connectivity index (χ0) is 40.7. The van der Waals surface area contributed by atoms with Gasteiger partial charge in [-0.15, -0.1) is 10.2 Å². The number of anilines is 1. The maximum Gasteiger partial charge on any atom is 0.407 e. The second-order valence-corrected chi connectivity index (χ2v) is 16.1. The van der Waals surface area contributed by atoms with Crippen molar-refractivity contribution in [3.63, 3.8) is 0 Å². The number of aryl methyl sites for hydroxylation is 1. The third kappa shape index (κ3) is 11.2. The van der Waals surface area contributed by atoms with E-state index < -0.39 is 29.5 Å². The van der Waals surface area contributed by atoms with Gasteiger partial charge in [-0.05, 0) is 136 Å². The summed E-state index contributed by atoms with van der Waals surface area (Å²) in [7, 11) is 0.